The highest BCUT2D eigenvalue weighted by molar-refractivity contribution is 5.71. The molecule has 0 radical (unpaired) electrons. The molecule has 5 nitrogen and oxygen atoms in total. The van der Waals surface area contributed by atoms with E-state index in [0.29, 0.717) is 18.0 Å². The normalized spacial score (nSPS) is 10.8. The number of esters is 1. The monoisotopic (exact) mass is 281 g/mol. The highest BCUT2D eigenvalue weighted by Crippen LogP contribution is 2.28. The van der Waals surface area contributed by atoms with Gasteiger partial charge in [0, 0.05) is 12.6 Å². The lowest BCUT2D eigenvalue weighted by atomic mass is 10.1. The van der Waals surface area contributed by atoms with Crippen LogP contribution in [0.1, 0.15) is 19.4 Å². The molecule has 1 aromatic rings. The van der Waals surface area contributed by atoms with Crippen LogP contribution in [0.2, 0.25) is 0 Å². The Hall–Kier alpha value is -1.75. The van der Waals surface area contributed by atoms with Crippen molar-refractivity contribution in [3.8, 4) is 11.5 Å². The number of carbonyl (C=O) groups is 1. The summed E-state index contributed by atoms with van der Waals surface area (Å²) in [6, 6.07) is 5.99. The number of nitrogens with zero attached hydrogens (tertiary/aromatic N) is 1. The number of hydrogen-bond acceptors (Lipinski definition) is 5. The van der Waals surface area contributed by atoms with Gasteiger partial charge in [-0.15, -0.1) is 0 Å². The van der Waals surface area contributed by atoms with Gasteiger partial charge in [0.05, 0.1) is 27.9 Å². The van der Waals surface area contributed by atoms with Crippen LogP contribution in [0.15, 0.2) is 18.2 Å². The van der Waals surface area contributed by atoms with Crippen molar-refractivity contribution < 1.29 is 19.0 Å². The number of rotatable bonds is 7. The summed E-state index contributed by atoms with van der Waals surface area (Å²) in [6.45, 7) is 5.00. The van der Waals surface area contributed by atoms with E-state index >= 15 is 0 Å². The van der Waals surface area contributed by atoms with Gasteiger partial charge in [-0.3, -0.25) is 9.69 Å². The smallest absolute Gasteiger partial charge is 0.319 e. The summed E-state index contributed by atoms with van der Waals surface area (Å²) < 4.78 is 15.2. The standard InChI is InChI=1S/C15H23NO4/c1-11(2)16(10-15(17)20-5)9-12-6-7-13(18-3)14(8-12)19-4/h6-8,11H,9-10H2,1-5H3. The molecule has 0 saturated heterocycles. The topological polar surface area (TPSA) is 48.0 Å². The molecule has 0 atom stereocenters. The molecular weight excluding hydrogens is 258 g/mol. The summed E-state index contributed by atoms with van der Waals surface area (Å²) in [5.74, 6) is 1.14. The summed E-state index contributed by atoms with van der Waals surface area (Å²) in [7, 11) is 4.61. The molecule has 0 saturated carbocycles. The highest BCUT2D eigenvalue weighted by atomic mass is 16.5. The SMILES string of the molecule is COC(=O)CN(Cc1ccc(OC)c(OC)c1)C(C)C. The van der Waals surface area contributed by atoms with Crippen LogP contribution in [0.5, 0.6) is 11.5 Å². The van der Waals surface area contributed by atoms with E-state index in [2.05, 4.69) is 0 Å². The summed E-state index contributed by atoms with van der Waals surface area (Å²) in [5.41, 5.74) is 1.06. The first-order valence-electron chi connectivity index (χ1n) is 6.53. The maximum Gasteiger partial charge on any atom is 0.319 e. The average molecular weight is 281 g/mol. The lowest BCUT2D eigenvalue weighted by molar-refractivity contribution is -0.142. The van der Waals surface area contributed by atoms with Crippen LogP contribution in [-0.4, -0.2) is 44.8 Å². The van der Waals surface area contributed by atoms with E-state index in [1.165, 1.54) is 7.11 Å². The van der Waals surface area contributed by atoms with E-state index in [0.717, 1.165) is 5.56 Å². The van der Waals surface area contributed by atoms with Crippen LogP contribution in [0, 0.1) is 0 Å². The minimum atomic E-state index is -0.237. The van der Waals surface area contributed by atoms with Gasteiger partial charge in [0.15, 0.2) is 11.5 Å². The summed E-state index contributed by atoms with van der Waals surface area (Å²) in [6.07, 6.45) is 0. The maximum absolute atomic E-state index is 11.4. The van der Waals surface area contributed by atoms with E-state index in [1.54, 1.807) is 14.2 Å². The molecule has 0 N–H and O–H groups in total. The Bertz CT molecular complexity index is 445. The van der Waals surface area contributed by atoms with Gasteiger partial charge < -0.3 is 14.2 Å². The van der Waals surface area contributed by atoms with Crippen LogP contribution in [0.25, 0.3) is 0 Å². The fourth-order valence-corrected chi connectivity index (χ4v) is 1.86. The predicted octanol–water partition coefficient (Wildman–Crippen LogP) is 2.09. The van der Waals surface area contributed by atoms with Gasteiger partial charge in [-0.1, -0.05) is 6.07 Å². The van der Waals surface area contributed by atoms with E-state index in [9.17, 15) is 4.79 Å². The molecule has 1 rings (SSSR count). The molecule has 1 aromatic carbocycles. The van der Waals surface area contributed by atoms with Crippen LogP contribution in [0.3, 0.4) is 0 Å². The minimum absolute atomic E-state index is 0.237. The van der Waals surface area contributed by atoms with Crippen molar-refractivity contribution in [3.63, 3.8) is 0 Å². The third kappa shape index (κ3) is 4.42. The Morgan fingerprint density at radius 3 is 2.30 bits per heavy atom. The average Bonchev–Trinajstić information content (AvgIpc) is 2.45. The molecule has 0 aliphatic rings. The molecule has 20 heavy (non-hydrogen) atoms. The number of hydrogen-bond donors (Lipinski definition) is 0. The van der Waals surface area contributed by atoms with Gasteiger partial charge in [0.25, 0.3) is 0 Å². The van der Waals surface area contributed by atoms with E-state index < -0.39 is 0 Å². The summed E-state index contributed by atoms with van der Waals surface area (Å²) >= 11 is 0. The zero-order valence-electron chi connectivity index (χ0n) is 12.8. The van der Waals surface area contributed by atoms with Gasteiger partial charge in [0.2, 0.25) is 0 Å². The lowest BCUT2D eigenvalue weighted by Gasteiger charge is -2.25. The minimum Gasteiger partial charge on any atom is -0.493 e. The number of methoxy groups -OCH3 is 3. The van der Waals surface area contributed by atoms with Crippen molar-refractivity contribution in [2.45, 2.75) is 26.4 Å². The van der Waals surface area contributed by atoms with Crippen LogP contribution in [-0.2, 0) is 16.1 Å². The molecule has 0 aliphatic carbocycles. The fraction of sp³-hybridized carbons (Fsp3) is 0.533. The molecular formula is C15H23NO4. The van der Waals surface area contributed by atoms with Crippen molar-refractivity contribution >= 4 is 5.97 Å². The molecule has 0 heterocycles. The molecule has 0 aliphatic heterocycles. The molecule has 5 heteroatoms. The summed E-state index contributed by atoms with van der Waals surface area (Å²) in [5, 5.41) is 0. The lowest BCUT2D eigenvalue weighted by Crippen LogP contribution is -2.35. The van der Waals surface area contributed by atoms with Crippen molar-refractivity contribution in [2.24, 2.45) is 0 Å². The van der Waals surface area contributed by atoms with Gasteiger partial charge in [-0.05, 0) is 31.5 Å². The van der Waals surface area contributed by atoms with Crippen LogP contribution >= 0.6 is 0 Å². The largest absolute Gasteiger partial charge is 0.493 e. The Balaban J connectivity index is 2.85. The van der Waals surface area contributed by atoms with Gasteiger partial charge in [-0.2, -0.15) is 0 Å². The number of ether oxygens (including phenoxy) is 3. The van der Waals surface area contributed by atoms with Gasteiger partial charge >= 0.3 is 5.97 Å². The second-order valence-corrected chi connectivity index (χ2v) is 4.76. The van der Waals surface area contributed by atoms with Crippen molar-refractivity contribution in [1.82, 2.24) is 4.90 Å². The predicted molar refractivity (Wildman–Crippen MR) is 77.1 cm³/mol. The molecule has 0 aromatic heterocycles. The maximum atomic E-state index is 11.4. The third-order valence-corrected chi connectivity index (χ3v) is 3.12. The van der Waals surface area contributed by atoms with Crippen molar-refractivity contribution in [3.05, 3.63) is 23.8 Å². The third-order valence-electron chi connectivity index (χ3n) is 3.12. The Morgan fingerprint density at radius 2 is 1.80 bits per heavy atom. The number of benzene rings is 1. The Labute approximate surface area is 120 Å². The molecule has 0 spiro atoms. The first-order chi connectivity index (χ1) is 9.51. The zero-order chi connectivity index (χ0) is 15.1. The molecule has 112 valence electrons. The van der Waals surface area contributed by atoms with Crippen molar-refractivity contribution in [1.29, 1.82) is 0 Å². The van der Waals surface area contributed by atoms with Crippen molar-refractivity contribution in [2.75, 3.05) is 27.9 Å². The van der Waals surface area contributed by atoms with Gasteiger partial charge in [-0.25, -0.2) is 0 Å². The quantitative estimate of drug-likeness (QED) is 0.716. The molecule has 0 amide bonds. The molecule has 0 fully saturated rings. The van der Waals surface area contributed by atoms with E-state index in [4.69, 9.17) is 14.2 Å². The first-order valence-corrected chi connectivity index (χ1v) is 6.53. The summed E-state index contributed by atoms with van der Waals surface area (Å²) in [4.78, 5) is 13.5. The highest BCUT2D eigenvalue weighted by Gasteiger charge is 2.15. The molecule has 0 bridgehead atoms. The second-order valence-electron chi connectivity index (χ2n) is 4.76. The second kappa shape index (κ2) is 7.75. The van der Waals surface area contributed by atoms with Crippen LogP contribution in [0.4, 0.5) is 0 Å². The Kier molecular flexibility index (Phi) is 6.31. The van der Waals surface area contributed by atoms with Crippen LogP contribution < -0.4 is 9.47 Å². The fourth-order valence-electron chi connectivity index (χ4n) is 1.86. The number of carbonyl (C=O) groups excluding carboxylic acids is 1. The van der Waals surface area contributed by atoms with E-state index in [-0.39, 0.29) is 18.6 Å². The first kappa shape index (κ1) is 16.3. The zero-order valence-corrected chi connectivity index (χ0v) is 12.8. The van der Waals surface area contributed by atoms with Gasteiger partial charge in [0.1, 0.15) is 0 Å². The Morgan fingerprint density at radius 1 is 1.15 bits per heavy atom. The van der Waals surface area contributed by atoms with E-state index in [1.807, 2.05) is 36.9 Å². The molecule has 0 unspecified atom stereocenters.